The number of ether oxygens (including phenoxy) is 1. The lowest BCUT2D eigenvalue weighted by molar-refractivity contribution is -0.265. The Balaban J connectivity index is 2.50. The number of hydrogen-bond donors (Lipinski definition) is 0. The predicted octanol–water partition coefficient (Wildman–Crippen LogP) is 4.29. The molecular formula is C12H15F7O2S. The van der Waals surface area contributed by atoms with Gasteiger partial charge in [0.2, 0.25) is 0 Å². The molecule has 0 N–H and O–H groups in total. The van der Waals surface area contributed by atoms with Crippen LogP contribution in [0.2, 0.25) is 0 Å². The topological polar surface area (TPSA) is 26.3 Å². The standard InChI is InChI=1S/C12H15F7O2S/c13-10(14,7-11(15,16)17)12(18,19)9(20)21-4-1-8-2-5-22-6-3-8/h8H,1-7H2. The number of esters is 1. The molecule has 1 saturated heterocycles. The molecular weight excluding hydrogens is 341 g/mol. The lowest BCUT2D eigenvalue weighted by Crippen LogP contribution is -2.50. The Bertz CT molecular complexity index is 378. The highest BCUT2D eigenvalue weighted by Crippen LogP contribution is 2.43. The van der Waals surface area contributed by atoms with Gasteiger partial charge in [-0.25, -0.2) is 4.79 Å². The molecule has 1 fully saturated rings. The predicted molar refractivity (Wildman–Crippen MR) is 66.2 cm³/mol. The van der Waals surface area contributed by atoms with Crippen molar-refractivity contribution in [1.29, 1.82) is 0 Å². The minimum atomic E-state index is -5.54. The SMILES string of the molecule is O=C(OCCC1CCSCC1)C(F)(F)C(F)(F)CC(F)(F)F. The maximum Gasteiger partial charge on any atom is 0.404 e. The first kappa shape index (κ1) is 19.4. The van der Waals surface area contributed by atoms with Crippen LogP contribution < -0.4 is 0 Å². The first-order valence-corrected chi connectivity index (χ1v) is 7.68. The highest BCUT2D eigenvalue weighted by molar-refractivity contribution is 7.99. The molecule has 0 aliphatic carbocycles. The third kappa shape index (κ3) is 5.51. The normalized spacial score (nSPS) is 18.3. The average molecular weight is 356 g/mol. The van der Waals surface area contributed by atoms with Crippen molar-refractivity contribution in [2.24, 2.45) is 5.92 Å². The molecule has 0 saturated carbocycles. The second kappa shape index (κ2) is 7.27. The highest BCUT2D eigenvalue weighted by atomic mass is 32.2. The summed E-state index contributed by atoms with van der Waals surface area (Å²) in [5.41, 5.74) is 0. The lowest BCUT2D eigenvalue weighted by Gasteiger charge is -2.26. The molecule has 0 aromatic carbocycles. The first-order valence-electron chi connectivity index (χ1n) is 6.53. The van der Waals surface area contributed by atoms with Gasteiger partial charge in [0, 0.05) is 0 Å². The zero-order valence-corrected chi connectivity index (χ0v) is 12.2. The molecule has 0 aromatic rings. The lowest BCUT2D eigenvalue weighted by atomic mass is 9.99. The van der Waals surface area contributed by atoms with Crippen molar-refractivity contribution in [3.63, 3.8) is 0 Å². The van der Waals surface area contributed by atoms with Crippen molar-refractivity contribution in [3.05, 3.63) is 0 Å². The molecule has 2 nitrogen and oxygen atoms in total. The molecule has 0 amide bonds. The Morgan fingerprint density at radius 1 is 1.05 bits per heavy atom. The zero-order valence-electron chi connectivity index (χ0n) is 11.4. The number of hydrogen-bond acceptors (Lipinski definition) is 3. The fourth-order valence-corrected chi connectivity index (χ4v) is 3.16. The first-order chi connectivity index (χ1) is 9.96. The molecule has 1 heterocycles. The molecule has 0 aromatic heterocycles. The van der Waals surface area contributed by atoms with Crippen molar-refractivity contribution in [1.82, 2.24) is 0 Å². The van der Waals surface area contributed by atoms with Gasteiger partial charge >= 0.3 is 24.0 Å². The van der Waals surface area contributed by atoms with Gasteiger partial charge in [0.15, 0.2) is 0 Å². The fourth-order valence-electron chi connectivity index (χ4n) is 1.96. The van der Waals surface area contributed by atoms with E-state index < -0.39 is 37.0 Å². The van der Waals surface area contributed by atoms with E-state index in [-0.39, 0.29) is 12.3 Å². The van der Waals surface area contributed by atoms with Gasteiger partial charge in [0.25, 0.3) is 0 Å². The van der Waals surface area contributed by atoms with Crippen LogP contribution in [0.1, 0.15) is 25.7 Å². The van der Waals surface area contributed by atoms with Gasteiger partial charge in [-0.2, -0.15) is 42.5 Å². The highest BCUT2D eigenvalue weighted by Gasteiger charge is 2.66. The van der Waals surface area contributed by atoms with Crippen LogP contribution >= 0.6 is 11.8 Å². The summed E-state index contributed by atoms with van der Waals surface area (Å²) in [5, 5.41) is 0. The van der Waals surface area contributed by atoms with E-state index in [1.807, 2.05) is 0 Å². The molecule has 0 bridgehead atoms. The number of carbonyl (C=O) groups excluding carboxylic acids is 1. The number of halogens is 7. The Hall–Kier alpha value is -0.670. The molecule has 0 radical (unpaired) electrons. The summed E-state index contributed by atoms with van der Waals surface area (Å²) in [5.74, 6) is -11.8. The Morgan fingerprint density at radius 3 is 2.09 bits per heavy atom. The molecule has 22 heavy (non-hydrogen) atoms. The minimum Gasteiger partial charge on any atom is -0.461 e. The van der Waals surface area contributed by atoms with E-state index in [9.17, 15) is 35.5 Å². The molecule has 0 unspecified atom stereocenters. The molecule has 0 atom stereocenters. The van der Waals surface area contributed by atoms with Crippen molar-refractivity contribution in [2.75, 3.05) is 18.1 Å². The van der Waals surface area contributed by atoms with Crippen molar-refractivity contribution < 1.29 is 40.3 Å². The van der Waals surface area contributed by atoms with Crippen LogP contribution in [0.15, 0.2) is 0 Å². The van der Waals surface area contributed by atoms with Crippen molar-refractivity contribution >= 4 is 17.7 Å². The molecule has 1 aliphatic heterocycles. The molecule has 0 spiro atoms. The van der Waals surface area contributed by atoms with E-state index in [2.05, 4.69) is 4.74 Å². The Kier molecular flexibility index (Phi) is 6.40. The summed E-state index contributed by atoms with van der Waals surface area (Å²) >= 11 is 1.72. The maximum atomic E-state index is 13.2. The minimum absolute atomic E-state index is 0.137. The van der Waals surface area contributed by atoms with Crippen LogP contribution in [0.5, 0.6) is 0 Å². The number of rotatable bonds is 6. The van der Waals surface area contributed by atoms with E-state index in [4.69, 9.17) is 0 Å². The molecule has 1 aliphatic rings. The van der Waals surface area contributed by atoms with E-state index in [0.717, 1.165) is 24.3 Å². The third-order valence-corrected chi connectivity index (χ3v) is 4.29. The van der Waals surface area contributed by atoms with Gasteiger partial charge in [0.05, 0.1) is 6.61 Å². The maximum absolute atomic E-state index is 13.2. The Morgan fingerprint density at radius 2 is 1.59 bits per heavy atom. The second-order valence-electron chi connectivity index (χ2n) is 5.05. The molecule has 130 valence electrons. The summed E-state index contributed by atoms with van der Waals surface area (Å²) in [4.78, 5) is 11.0. The number of thioether (sulfide) groups is 1. The van der Waals surface area contributed by atoms with Crippen LogP contribution in [0.3, 0.4) is 0 Å². The van der Waals surface area contributed by atoms with Gasteiger partial charge in [-0.05, 0) is 36.7 Å². The van der Waals surface area contributed by atoms with Crippen LogP contribution in [-0.2, 0) is 9.53 Å². The van der Waals surface area contributed by atoms with Crippen LogP contribution in [-0.4, -0.2) is 42.1 Å². The third-order valence-electron chi connectivity index (χ3n) is 3.24. The average Bonchev–Trinajstić information content (AvgIpc) is 2.36. The Labute approximate surface area is 126 Å². The smallest absolute Gasteiger partial charge is 0.404 e. The van der Waals surface area contributed by atoms with Crippen LogP contribution in [0.25, 0.3) is 0 Å². The molecule has 1 rings (SSSR count). The van der Waals surface area contributed by atoms with E-state index in [1.165, 1.54) is 0 Å². The summed E-state index contributed by atoms with van der Waals surface area (Å²) in [6.45, 7) is -0.508. The largest absolute Gasteiger partial charge is 0.461 e. The van der Waals surface area contributed by atoms with Gasteiger partial charge in [-0.3, -0.25) is 0 Å². The van der Waals surface area contributed by atoms with E-state index >= 15 is 0 Å². The number of carbonyl (C=O) groups is 1. The van der Waals surface area contributed by atoms with E-state index in [0.29, 0.717) is 0 Å². The van der Waals surface area contributed by atoms with Gasteiger partial charge in [0.1, 0.15) is 6.42 Å². The van der Waals surface area contributed by atoms with Gasteiger partial charge in [-0.1, -0.05) is 0 Å². The number of alkyl halides is 7. The quantitative estimate of drug-likeness (QED) is 0.525. The van der Waals surface area contributed by atoms with E-state index in [1.54, 1.807) is 11.8 Å². The fraction of sp³-hybridized carbons (Fsp3) is 0.917. The van der Waals surface area contributed by atoms with Gasteiger partial charge < -0.3 is 4.74 Å². The van der Waals surface area contributed by atoms with Gasteiger partial charge in [-0.15, -0.1) is 0 Å². The summed E-state index contributed by atoms with van der Waals surface area (Å²) in [6, 6.07) is 0. The molecule has 10 heteroatoms. The van der Waals surface area contributed by atoms with Crippen LogP contribution in [0, 0.1) is 5.92 Å². The second-order valence-corrected chi connectivity index (χ2v) is 6.28. The van der Waals surface area contributed by atoms with Crippen molar-refractivity contribution in [2.45, 2.75) is 43.7 Å². The zero-order chi connectivity index (χ0) is 17.0. The van der Waals surface area contributed by atoms with Crippen molar-refractivity contribution in [3.8, 4) is 0 Å². The summed E-state index contributed by atoms with van der Waals surface area (Å²) in [7, 11) is 0. The monoisotopic (exact) mass is 356 g/mol. The van der Waals surface area contributed by atoms with Crippen LogP contribution in [0.4, 0.5) is 30.7 Å². The summed E-state index contributed by atoms with van der Waals surface area (Å²) < 4.78 is 91.9. The summed E-state index contributed by atoms with van der Waals surface area (Å²) in [6.07, 6.45) is -6.78.